The van der Waals surface area contributed by atoms with Crippen molar-refractivity contribution in [1.29, 1.82) is 0 Å². The zero-order chi connectivity index (χ0) is 14.1. The molecule has 1 fully saturated rings. The van der Waals surface area contributed by atoms with E-state index in [4.69, 9.17) is 9.47 Å². The molecule has 1 N–H and O–H groups in total. The topological polar surface area (TPSA) is 43.4 Å². The van der Waals surface area contributed by atoms with Crippen LogP contribution in [0, 0.1) is 0 Å². The minimum atomic E-state index is -0.154. The summed E-state index contributed by atoms with van der Waals surface area (Å²) >= 11 is 0. The van der Waals surface area contributed by atoms with E-state index >= 15 is 0 Å². The average Bonchev–Trinajstić information content (AvgIpc) is 2.54. The Morgan fingerprint density at radius 3 is 2.74 bits per heavy atom. The molecule has 0 radical (unpaired) electrons. The molecule has 0 aliphatic carbocycles. The number of nitrogens with one attached hydrogen (secondary N) is 1. The maximum Gasteiger partial charge on any atom is 0.217 e. The molecule has 2 rings (SSSR count). The first-order chi connectivity index (χ1) is 8.84. The number of hydrogen-bond donors (Lipinski definition) is 1. The highest BCUT2D eigenvalue weighted by Crippen LogP contribution is 2.37. The number of rotatable bonds is 4. The number of nitrogens with zero attached hydrogens (tertiary/aromatic N) is 1. The van der Waals surface area contributed by atoms with Crippen LogP contribution in [0.3, 0.4) is 0 Å². The normalized spacial score (nSPS) is 24.4. The van der Waals surface area contributed by atoms with Crippen molar-refractivity contribution in [3.8, 4) is 5.88 Å². The predicted molar refractivity (Wildman–Crippen MR) is 75.3 cm³/mol. The zero-order valence-corrected chi connectivity index (χ0v) is 12.5. The molecule has 1 aromatic heterocycles. The molecule has 1 atom stereocenters. The van der Waals surface area contributed by atoms with Gasteiger partial charge in [-0.05, 0) is 40.2 Å². The lowest BCUT2D eigenvalue weighted by Gasteiger charge is -2.28. The van der Waals surface area contributed by atoms with Gasteiger partial charge in [0.05, 0.1) is 18.3 Å². The summed E-state index contributed by atoms with van der Waals surface area (Å²) in [4.78, 5) is 4.21. The van der Waals surface area contributed by atoms with Crippen molar-refractivity contribution < 1.29 is 9.47 Å². The van der Waals surface area contributed by atoms with E-state index in [0.717, 1.165) is 18.5 Å². The monoisotopic (exact) mass is 264 g/mol. The van der Waals surface area contributed by atoms with Crippen molar-refractivity contribution in [3.63, 3.8) is 0 Å². The first-order valence-corrected chi connectivity index (χ1v) is 6.75. The van der Waals surface area contributed by atoms with Crippen molar-refractivity contribution in [1.82, 2.24) is 10.3 Å². The van der Waals surface area contributed by atoms with Crippen LogP contribution in [-0.4, -0.2) is 29.3 Å². The quantitative estimate of drug-likeness (QED) is 0.907. The molecule has 4 heteroatoms. The van der Waals surface area contributed by atoms with E-state index in [1.165, 1.54) is 0 Å². The fourth-order valence-electron chi connectivity index (χ4n) is 2.86. The van der Waals surface area contributed by atoms with E-state index in [1.807, 2.05) is 12.1 Å². The molecule has 2 heterocycles. The SMILES string of the molecule is COc1ncccc1CNC1CC(C)(C)OC1(C)C. The molecule has 0 spiro atoms. The third-order valence-electron chi connectivity index (χ3n) is 3.66. The molecule has 19 heavy (non-hydrogen) atoms. The first-order valence-electron chi connectivity index (χ1n) is 6.75. The van der Waals surface area contributed by atoms with E-state index in [0.29, 0.717) is 11.9 Å². The van der Waals surface area contributed by atoms with Crippen LogP contribution in [0.2, 0.25) is 0 Å². The largest absolute Gasteiger partial charge is 0.481 e. The van der Waals surface area contributed by atoms with E-state index < -0.39 is 0 Å². The molecule has 1 aromatic rings. The second kappa shape index (κ2) is 5.10. The van der Waals surface area contributed by atoms with Gasteiger partial charge in [0.2, 0.25) is 5.88 Å². The number of aromatic nitrogens is 1. The molecule has 1 unspecified atom stereocenters. The zero-order valence-electron chi connectivity index (χ0n) is 12.5. The fraction of sp³-hybridized carbons (Fsp3) is 0.667. The highest BCUT2D eigenvalue weighted by atomic mass is 16.5. The number of pyridine rings is 1. The Morgan fingerprint density at radius 1 is 1.42 bits per heavy atom. The standard InChI is InChI=1S/C15H24N2O2/c1-14(2)9-12(15(3,4)19-14)17-10-11-7-6-8-16-13(11)18-5/h6-8,12,17H,9-10H2,1-5H3. The van der Waals surface area contributed by atoms with Gasteiger partial charge in [0.15, 0.2) is 0 Å². The van der Waals surface area contributed by atoms with E-state index in [9.17, 15) is 0 Å². The fourth-order valence-corrected chi connectivity index (χ4v) is 2.86. The molecule has 0 amide bonds. The van der Waals surface area contributed by atoms with Gasteiger partial charge >= 0.3 is 0 Å². The third kappa shape index (κ3) is 3.25. The van der Waals surface area contributed by atoms with E-state index in [-0.39, 0.29) is 11.2 Å². The van der Waals surface area contributed by atoms with Crippen molar-refractivity contribution in [2.75, 3.05) is 7.11 Å². The van der Waals surface area contributed by atoms with Crippen LogP contribution in [0.1, 0.15) is 39.7 Å². The van der Waals surface area contributed by atoms with Crippen LogP contribution in [-0.2, 0) is 11.3 Å². The lowest BCUT2D eigenvalue weighted by Crippen LogP contribution is -2.43. The summed E-state index contributed by atoms with van der Waals surface area (Å²) in [6, 6.07) is 4.29. The lowest BCUT2D eigenvalue weighted by atomic mass is 9.94. The van der Waals surface area contributed by atoms with Crippen LogP contribution >= 0.6 is 0 Å². The van der Waals surface area contributed by atoms with Crippen molar-refractivity contribution in [3.05, 3.63) is 23.9 Å². The van der Waals surface area contributed by atoms with Crippen LogP contribution < -0.4 is 10.1 Å². The summed E-state index contributed by atoms with van der Waals surface area (Å²) < 4.78 is 11.4. The Kier molecular flexibility index (Phi) is 3.83. The molecule has 1 aliphatic rings. The minimum Gasteiger partial charge on any atom is -0.481 e. The van der Waals surface area contributed by atoms with Crippen LogP contribution in [0.4, 0.5) is 0 Å². The molecule has 0 bridgehead atoms. The highest BCUT2D eigenvalue weighted by Gasteiger charge is 2.45. The Bertz CT molecular complexity index is 444. The van der Waals surface area contributed by atoms with Crippen molar-refractivity contribution in [2.45, 2.75) is 57.9 Å². The van der Waals surface area contributed by atoms with Gasteiger partial charge in [-0.25, -0.2) is 4.98 Å². The van der Waals surface area contributed by atoms with Gasteiger partial charge in [0.1, 0.15) is 0 Å². The second-order valence-corrected chi connectivity index (χ2v) is 6.27. The van der Waals surface area contributed by atoms with E-state index in [2.05, 4.69) is 38.0 Å². The molecule has 1 saturated heterocycles. The predicted octanol–water partition coefficient (Wildman–Crippen LogP) is 2.53. The minimum absolute atomic E-state index is 0.0693. The lowest BCUT2D eigenvalue weighted by molar-refractivity contribution is -0.0699. The van der Waals surface area contributed by atoms with Gasteiger partial charge in [-0.15, -0.1) is 0 Å². The number of methoxy groups -OCH3 is 1. The van der Waals surface area contributed by atoms with Gasteiger partial charge in [-0.3, -0.25) is 0 Å². The average molecular weight is 264 g/mol. The van der Waals surface area contributed by atoms with Gasteiger partial charge in [0.25, 0.3) is 0 Å². The Balaban J connectivity index is 2.03. The van der Waals surface area contributed by atoms with Gasteiger partial charge < -0.3 is 14.8 Å². The number of hydrogen-bond acceptors (Lipinski definition) is 4. The summed E-state index contributed by atoms with van der Waals surface area (Å²) in [6.45, 7) is 9.30. The maximum atomic E-state index is 6.08. The van der Waals surface area contributed by atoms with Gasteiger partial charge in [-0.1, -0.05) is 6.07 Å². The van der Waals surface area contributed by atoms with E-state index in [1.54, 1.807) is 13.3 Å². The summed E-state index contributed by atoms with van der Waals surface area (Å²) in [5.74, 6) is 0.686. The molecule has 106 valence electrons. The van der Waals surface area contributed by atoms with Crippen molar-refractivity contribution in [2.24, 2.45) is 0 Å². The summed E-state index contributed by atoms with van der Waals surface area (Å²) in [7, 11) is 1.65. The van der Waals surface area contributed by atoms with Crippen LogP contribution in [0.5, 0.6) is 5.88 Å². The summed E-state index contributed by atoms with van der Waals surface area (Å²) in [6.07, 6.45) is 2.75. The molecule has 0 saturated carbocycles. The Labute approximate surface area is 115 Å². The maximum absolute atomic E-state index is 6.08. The second-order valence-electron chi connectivity index (χ2n) is 6.27. The number of ether oxygens (including phenoxy) is 2. The molecular weight excluding hydrogens is 240 g/mol. The molecule has 4 nitrogen and oxygen atoms in total. The first kappa shape index (κ1) is 14.3. The molecule has 0 aromatic carbocycles. The van der Waals surface area contributed by atoms with Crippen molar-refractivity contribution >= 4 is 0 Å². The Hall–Kier alpha value is -1.13. The van der Waals surface area contributed by atoms with Crippen LogP contribution in [0.25, 0.3) is 0 Å². The molecule has 1 aliphatic heterocycles. The smallest absolute Gasteiger partial charge is 0.217 e. The highest BCUT2D eigenvalue weighted by molar-refractivity contribution is 5.25. The van der Waals surface area contributed by atoms with Gasteiger partial charge in [-0.2, -0.15) is 0 Å². The van der Waals surface area contributed by atoms with Crippen LogP contribution in [0.15, 0.2) is 18.3 Å². The van der Waals surface area contributed by atoms with Gasteiger partial charge in [0, 0.05) is 24.3 Å². The third-order valence-corrected chi connectivity index (χ3v) is 3.66. The Morgan fingerprint density at radius 2 is 2.16 bits per heavy atom. The molecular formula is C15H24N2O2. The summed E-state index contributed by atoms with van der Waals surface area (Å²) in [5, 5.41) is 3.57. The summed E-state index contributed by atoms with van der Waals surface area (Å²) in [5.41, 5.74) is 0.851.